The van der Waals surface area contributed by atoms with E-state index in [1.165, 1.54) is 0 Å². The summed E-state index contributed by atoms with van der Waals surface area (Å²) in [4.78, 5) is 12.2. The van der Waals surface area contributed by atoms with E-state index in [1.54, 1.807) is 30.3 Å². The minimum absolute atomic E-state index is 0.0104. The summed E-state index contributed by atoms with van der Waals surface area (Å²) in [6.45, 7) is -0.0104. The molecule has 0 aromatic heterocycles. The predicted molar refractivity (Wildman–Crippen MR) is 69.9 cm³/mol. The molecular formula is C14H11BrO2. The van der Waals surface area contributed by atoms with Crippen LogP contribution in [0.1, 0.15) is 21.5 Å². The molecule has 0 saturated heterocycles. The Balaban J connectivity index is 2.34. The molecule has 0 aliphatic rings. The minimum Gasteiger partial charge on any atom is -0.392 e. The van der Waals surface area contributed by atoms with Crippen LogP contribution in [-0.2, 0) is 6.61 Å². The molecule has 0 spiro atoms. The van der Waals surface area contributed by atoms with Gasteiger partial charge in [-0.05, 0) is 17.7 Å². The van der Waals surface area contributed by atoms with Crippen LogP contribution in [0.15, 0.2) is 53.0 Å². The van der Waals surface area contributed by atoms with Gasteiger partial charge in [-0.25, -0.2) is 0 Å². The van der Waals surface area contributed by atoms with E-state index in [4.69, 9.17) is 5.11 Å². The van der Waals surface area contributed by atoms with Crippen LogP contribution in [0.4, 0.5) is 0 Å². The maximum atomic E-state index is 12.2. The second-order valence-electron chi connectivity index (χ2n) is 3.66. The average Bonchev–Trinajstić information content (AvgIpc) is 2.39. The first-order valence-corrected chi connectivity index (χ1v) is 6.00. The molecule has 3 heteroatoms. The fourth-order valence-electron chi connectivity index (χ4n) is 1.56. The fraction of sp³-hybridized carbons (Fsp3) is 0.0714. The predicted octanol–water partition coefficient (Wildman–Crippen LogP) is 3.17. The smallest absolute Gasteiger partial charge is 0.194 e. The average molecular weight is 291 g/mol. The Bertz CT molecular complexity index is 532. The van der Waals surface area contributed by atoms with Gasteiger partial charge in [0, 0.05) is 15.6 Å². The SMILES string of the molecule is O=C(c1ccc(CO)cc1)c1ccccc1Br. The van der Waals surface area contributed by atoms with Crippen molar-refractivity contribution in [3.8, 4) is 0 Å². The highest BCUT2D eigenvalue weighted by atomic mass is 79.9. The van der Waals surface area contributed by atoms with Gasteiger partial charge in [0.15, 0.2) is 5.78 Å². The van der Waals surface area contributed by atoms with Gasteiger partial charge in [-0.1, -0.05) is 52.3 Å². The van der Waals surface area contributed by atoms with Gasteiger partial charge in [-0.15, -0.1) is 0 Å². The lowest BCUT2D eigenvalue weighted by atomic mass is 10.0. The second-order valence-corrected chi connectivity index (χ2v) is 4.52. The summed E-state index contributed by atoms with van der Waals surface area (Å²) in [5.74, 6) is -0.0260. The van der Waals surface area contributed by atoms with E-state index < -0.39 is 0 Å². The van der Waals surface area contributed by atoms with Crippen LogP contribution in [0.25, 0.3) is 0 Å². The number of carbonyl (C=O) groups is 1. The van der Waals surface area contributed by atoms with Crippen LogP contribution >= 0.6 is 15.9 Å². The van der Waals surface area contributed by atoms with E-state index >= 15 is 0 Å². The Labute approximate surface area is 108 Å². The Morgan fingerprint density at radius 1 is 1.06 bits per heavy atom. The third-order valence-corrected chi connectivity index (χ3v) is 3.21. The van der Waals surface area contributed by atoms with Gasteiger partial charge in [0.25, 0.3) is 0 Å². The molecule has 0 fully saturated rings. The fourth-order valence-corrected chi connectivity index (χ4v) is 2.03. The van der Waals surface area contributed by atoms with Gasteiger partial charge >= 0.3 is 0 Å². The van der Waals surface area contributed by atoms with Crippen LogP contribution in [0.3, 0.4) is 0 Å². The van der Waals surface area contributed by atoms with Gasteiger partial charge in [-0.2, -0.15) is 0 Å². The zero-order chi connectivity index (χ0) is 12.3. The Kier molecular flexibility index (Phi) is 3.71. The van der Waals surface area contributed by atoms with Crippen LogP contribution in [-0.4, -0.2) is 10.9 Å². The number of rotatable bonds is 3. The van der Waals surface area contributed by atoms with Crippen molar-refractivity contribution < 1.29 is 9.90 Å². The molecule has 0 saturated carbocycles. The first kappa shape index (κ1) is 12.0. The number of carbonyl (C=O) groups excluding carboxylic acids is 1. The van der Waals surface area contributed by atoms with Crippen LogP contribution in [0, 0.1) is 0 Å². The molecule has 2 aromatic rings. The molecule has 0 aliphatic heterocycles. The highest BCUT2D eigenvalue weighted by Gasteiger charge is 2.11. The molecular weight excluding hydrogens is 280 g/mol. The third kappa shape index (κ3) is 2.62. The van der Waals surface area contributed by atoms with Crippen molar-refractivity contribution in [1.29, 1.82) is 0 Å². The molecule has 2 aromatic carbocycles. The molecule has 2 rings (SSSR count). The highest BCUT2D eigenvalue weighted by molar-refractivity contribution is 9.10. The maximum absolute atomic E-state index is 12.2. The minimum atomic E-state index is -0.0260. The molecule has 0 aliphatic carbocycles. The first-order valence-electron chi connectivity index (χ1n) is 5.21. The van der Waals surface area contributed by atoms with Gasteiger partial charge in [0.1, 0.15) is 0 Å². The van der Waals surface area contributed by atoms with E-state index in [9.17, 15) is 4.79 Å². The van der Waals surface area contributed by atoms with E-state index in [0.717, 1.165) is 10.0 Å². The van der Waals surface area contributed by atoms with E-state index in [-0.39, 0.29) is 12.4 Å². The Hall–Kier alpha value is -1.45. The molecule has 2 nitrogen and oxygen atoms in total. The van der Waals surface area contributed by atoms with Crippen molar-refractivity contribution in [2.75, 3.05) is 0 Å². The van der Waals surface area contributed by atoms with Gasteiger partial charge in [-0.3, -0.25) is 4.79 Å². The molecule has 0 amide bonds. The Morgan fingerprint density at radius 2 is 1.71 bits per heavy atom. The number of halogens is 1. The standard InChI is InChI=1S/C14H11BrO2/c15-13-4-2-1-3-12(13)14(17)11-7-5-10(9-16)6-8-11/h1-8,16H,9H2. The highest BCUT2D eigenvalue weighted by Crippen LogP contribution is 2.19. The van der Waals surface area contributed by atoms with Crippen LogP contribution in [0.5, 0.6) is 0 Å². The lowest BCUT2D eigenvalue weighted by Crippen LogP contribution is -2.02. The van der Waals surface area contributed by atoms with Crippen molar-refractivity contribution in [3.05, 3.63) is 69.7 Å². The third-order valence-electron chi connectivity index (χ3n) is 2.52. The van der Waals surface area contributed by atoms with Crippen molar-refractivity contribution in [3.63, 3.8) is 0 Å². The van der Waals surface area contributed by atoms with Crippen LogP contribution in [0.2, 0.25) is 0 Å². The molecule has 17 heavy (non-hydrogen) atoms. The monoisotopic (exact) mass is 290 g/mol. The maximum Gasteiger partial charge on any atom is 0.194 e. The lowest BCUT2D eigenvalue weighted by molar-refractivity contribution is 0.103. The molecule has 0 unspecified atom stereocenters. The number of aliphatic hydroxyl groups excluding tert-OH is 1. The molecule has 1 N–H and O–H groups in total. The largest absolute Gasteiger partial charge is 0.392 e. The molecule has 0 heterocycles. The van der Waals surface area contributed by atoms with Gasteiger partial charge in [0.05, 0.1) is 6.61 Å². The number of benzene rings is 2. The van der Waals surface area contributed by atoms with Crippen molar-refractivity contribution in [1.82, 2.24) is 0 Å². The van der Waals surface area contributed by atoms with E-state index in [2.05, 4.69) is 15.9 Å². The molecule has 86 valence electrons. The first-order chi connectivity index (χ1) is 8.22. The summed E-state index contributed by atoms with van der Waals surface area (Å²) in [5, 5.41) is 8.94. The number of ketones is 1. The summed E-state index contributed by atoms with van der Waals surface area (Å²) < 4.78 is 0.788. The van der Waals surface area contributed by atoms with Crippen molar-refractivity contribution in [2.45, 2.75) is 6.61 Å². The summed E-state index contributed by atoms with van der Waals surface area (Å²) in [6.07, 6.45) is 0. The number of hydrogen-bond donors (Lipinski definition) is 1. The molecule has 0 radical (unpaired) electrons. The zero-order valence-electron chi connectivity index (χ0n) is 9.06. The zero-order valence-corrected chi connectivity index (χ0v) is 10.6. The number of aliphatic hydroxyl groups is 1. The Morgan fingerprint density at radius 3 is 2.29 bits per heavy atom. The summed E-state index contributed by atoms with van der Waals surface area (Å²) >= 11 is 3.36. The second kappa shape index (κ2) is 5.25. The molecule has 0 atom stereocenters. The quantitative estimate of drug-likeness (QED) is 0.882. The summed E-state index contributed by atoms with van der Waals surface area (Å²) in [7, 11) is 0. The summed E-state index contributed by atoms with van der Waals surface area (Å²) in [6, 6.07) is 14.3. The number of hydrogen-bond acceptors (Lipinski definition) is 2. The van der Waals surface area contributed by atoms with E-state index in [1.807, 2.05) is 18.2 Å². The summed E-state index contributed by atoms with van der Waals surface area (Å²) in [5.41, 5.74) is 2.06. The molecule has 0 bridgehead atoms. The topological polar surface area (TPSA) is 37.3 Å². The lowest BCUT2D eigenvalue weighted by Gasteiger charge is -2.04. The van der Waals surface area contributed by atoms with Gasteiger partial charge < -0.3 is 5.11 Å². The van der Waals surface area contributed by atoms with Gasteiger partial charge in [0.2, 0.25) is 0 Å². The van der Waals surface area contributed by atoms with E-state index in [0.29, 0.717) is 11.1 Å². The van der Waals surface area contributed by atoms with Crippen LogP contribution < -0.4 is 0 Å². The van der Waals surface area contributed by atoms with Crippen molar-refractivity contribution >= 4 is 21.7 Å². The van der Waals surface area contributed by atoms with Crippen molar-refractivity contribution in [2.24, 2.45) is 0 Å². The normalized spacial score (nSPS) is 10.2.